The lowest BCUT2D eigenvalue weighted by molar-refractivity contribution is -0.154. The zero-order chi connectivity index (χ0) is 34.2. The standard InChI is InChI=1S/C35H33ClN4O7S/c1-35(2,3)47-34(44)38-26-31(42)40-27(33(43)46-28(21-11-6-4-7-12-21)22-13-8-5-9-14-22)24(20-48(45)32(26)40)19-23-16-18-39(30(23)41)25-15-10-17-37-29(25)36/h4-15,17,19,26,28,32H,16,18,20H2,1-3H3,(H,38,44)/b23-19+/t26-,32-,48?/m1/s1. The number of allylic oxidation sites excluding steroid dienone is 1. The molecule has 2 fully saturated rings. The van der Waals surface area contributed by atoms with Crippen LogP contribution in [0.2, 0.25) is 5.15 Å². The Hall–Kier alpha value is -4.65. The van der Waals surface area contributed by atoms with Crippen LogP contribution in [0.1, 0.15) is 44.4 Å². The fourth-order valence-electron chi connectivity index (χ4n) is 5.85. The van der Waals surface area contributed by atoms with Gasteiger partial charge in [-0.1, -0.05) is 72.3 Å². The average molecular weight is 689 g/mol. The van der Waals surface area contributed by atoms with Gasteiger partial charge < -0.3 is 24.2 Å². The van der Waals surface area contributed by atoms with Crippen LogP contribution in [-0.4, -0.2) is 67.6 Å². The van der Waals surface area contributed by atoms with E-state index in [1.165, 1.54) is 17.2 Å². The fourth-order valence-corrected chi connectivity index (χ4v) is 7.70. The lowest BCUT2D eigenvalue weighted by Crippen LogP contribution is -2.75. The Kier molecular flexibility index (Phi) is 9.33. The molecule has 248 valence electrons. The van der Waals surface area contributed by atoms with Gasteiger partial charge in [-0.3, -0.25) is 14.5 Å². The fraction of sp³-hybridized carbons (Fsp3) is 0.286. The number of amides is 3. The normalized spacial score (nSPS) is 21.7. The Morgan fingerprint density at radius 2 is 1.69 bits per heavy atom. The molecule has 3 amide bonds. The summed E-state index contributed by atoms with van der Waals surface area (Å²) in [5.41, 5.74) is 1.41. The molecule has 1 unspecified atom stereocenters. The number of esters is 1. The molecule has 3 aromatic rings. The van der Waals surface area contributed by atoms with Crippen LogP contribution in [0.25, 0.3) is 0 Å². The van der Waals surface area contributed by atoms with Crippen molar-refractivity contribution in [3.05, 3.63) is 118 Å². The Balaban J connectivity index is 1.38. The van der Waals surface area contributed by atoms with Gasteiger partial charge in [-0.05, 0) is 67.7 Å². The van der Waals surface area contributed by atoms with Crippen molar-refractivity contribution in [2.75, 3.05) is 17.2 Å². The molecule has 13 heteroatoms. The minimum atomic E-state index is -1.76. The number of benzene rings is 2. The number of nitrogens with zero attached hydrogens (tertiary/aromatic N) is 3. The van der Waals surface area contributed by atoms with Crippen molar-refractivity contribution in [3.8, 4) is 0 Å². The van der Waals surface area contributed by atoms with Gasteiger partial charge >= 0.3 is 12.1 Å². The van der Waals surface area contributed by atoms with E-state index in [-0.39, 0.29) is 28.1 Å². The molecular weight excluding hydrogens is 656 g/mol. The topological polar surface area (TPSA) is 141 Å². The van der Waals surface area contributed by atoms with E-state index in [4.69, 9.17) is 21.1 Å². The van der Waals surface area contributed by atoms with Crippen LogP contribution in [0.5, 0.6) is 0 Å². The van der Waals surface area contributed by atoms with Crippen LogP contribution in [-0.2, 0) is 35.0 Å². The van der Waals surface area contributed by atoms with E-state index in [9.17, 15) is 23.7 Å². The number of anilines is 1. The van der Waals surface area contributed by atoms with Gasteiger partial charge in [0.2, 0.25) is 5.37 Å². The second-order valence-electron chi connectivity index (χ2n) is 12.4. The van der Waals surface area contributed by atoms with E-state index < -0.39 is 52.3 Å². The van der Waals surface area contributed by atoms with Gasteiger partial charge in [0.05, 0.1) is 5.69 Å². The number of carbonyl (C=O) groups excluding carboxylic acids is 4. The van der Waals surface area contributed by atoms with Crippen LogP contribution in [0.4, 0.5) is 10.5 Å². The molecule has 3 aliphatic rings. The lowest BCUT2D eigenvalue weighted by Gasteiger charge is -2.49. The summed E-state index contributed by atoms with van der Waals surface area (Å²) in [7, 11) is 0. The number of hydrogen-bond acceptors (Lipinski definition) is 8. The highest BCUT2D eigenvalue weighted by Crippen LogP contribution is 2.40. The molecule has 0 saturated carbocycles. The Labute approximate surface area is 285 Å². The molecule has 1 aromatic heterocycles. The van der Waals surface area contributed by atoms with Gasteiger partial charge in [-0.25, -0.2) is 14.6 Å². The van der Waals surface area contributed by atoms with Crippen molar-refractivity contribution in [3.63, 3.8) is 0 Å². The van der Waals surface area contributed by atoms with Crippen molar-refractivity contribution < 1.29 is 33.2 Å². The number of halogens is 1. The van der Waals surface area contributed by atoms with Crippen LogP contribution >= 0.6 is 11.6 Å². The molecule has 0 aliphatic carbocycles. The first-order valence-electron chi connectivity index (χ1n) is 15.3. The van der Waals surface area contributed by atoms with Gasteiger partial charge in [0.25, 0.3) is 11.8 Å². The molecule has 0 spiro atoms. The summed E-state index contributed by atoms with van der Waals surface area (Å²) >= 11 is 4.51. The summed E-state index contributed by atoms with van der Waals surface area (Å²) in [5.74, 6) is -2.03. The minimum Gasteiger partial charge on any atom is -0.614 e. The number of fused-ring (bicyclic) bond motifs is 1. The molecule has 2 aromatic carbocycles. The third kappa shape index (κ3) is 6.69. The van der Waals surface area contributed by atoms with E-state index in [0.717, 1.165) is 4.90 Å². The molecule has 1 N–H and O–H groups in total. The number of rotatable bonds is 7. The minimum absolute atomic E-state index is 0.137. The quantitative estimate of drug-likeness (QED) is 0.123. The Morgan fingerprint density at radius 1 is 1.04 bits per heavy atom. The van der Waals surface area contributed by atoms with Crippen LogP contribution < -0.4 is 10.2 Å². The number of alkyl carbamates (subject to hydrolysis) is 1. The summed E-state index contributed by atoms with van der Waals surface area (Å²) in [6.07, 6.45) is 1.65. The smallest absolute Gasteiger partial charge is 0.408 e. The number of pyridine rings is 1. The molecule has 0 bridgehead atoms. The van der Waals surface area contributed by atoms with Crippen LogP contribution in [0.3, 0.4) is 0 Å². The molecule has 4 heterocycles. The zero-order valence-corrected chi connectivity index (χ0v) is 28.0. The summed E-state index contributed by atoms with van der Waals surface area (Å²) in [4.78, 5) is 60.8. The second-order valence-corrected chi connectivity index (χ2v) is 14.3. The van der Waals surface area contributed by atoms with Gasteiger partial charge in [-0.2, -0.15) is 0 Å². The zero-order valence-electron chi connectivity index (χ0n) is 26.4. The van der Waals surface area contributed by atoms with E-state index in [2.05, 4.69) is 10.3 Å². The number of β-lactam (4-membered cyclic amide) rings is 1. The summed E-state index contributed by atoms with van der Waals surface area (Å²) in [5, 5.41) is 1.63. The summed E-state index contributed by atoms with van der Waals surface area (Å²) in [6, 6.07) is 20.5. The van der Waals surface area contributed by atoms with E-state index in [1.807, 2.05) is 60.7 Å². The number of carbonyl (C=O) groups is 4. The van der Waals surface area contributed by atoms with Gasteiger partial charge in [0, 0.05) is 23.9 Å². The summed E-state index contributed by atoms with van der Waals surface area (Å²) in [6.45, 7) is 5.35. The largest absolute Gasteiger partial charge is 0.614 e. The van der Waals surface area contributed by atoms with Crippen molar-refractivity contribution in [1.82, 2.24) is 15.2 Å². The SMILES string of the molecule is CC(C)(C)OC(=O)N[C@@H]1C(=O)N2C(C(=O)OC(c3ccccc3)c3ccccc3)=C(/C=C3\CCN(c4cccnc4Cl)C3=O)C[S+]([O-])[C@H]12. The maximum absolute atomic E-state index is 14.3. The molecule has 48 heavy (non-hydrogen) atoms. The van der Waals surface area contributed by atoms with E-state index in [1.54, 1.807) is 32.9 Å². The maximum atomic E-state index is 14.3. The number of hydrogen-bond donors (Lipinski definition) is 1. The number of ether oxygens (including phenoxy) is 2. The number of nitrogens with one attached hydrogen (secondary N) is 1. The van der Waals surface area contributed by atoms with Gasteiger partial charge in [0.15, 0.2) is 17.3 Å². The molecule has 0 radical (unpaired) electrons. The maximum Gasteiger partial charge on any atom is 0.408 e. The van der Waals surface area contributed by atoms with E-state index in [0.29, 0.717) is 35.4 Å². The molecule has 2 saturated heterocycles. The van der Waals surface area contributed by atoms with Crippen molar-refractivity contribution in [2.45, 2.75) is 50.3 Å². The van der Waals surface area contributed by atoms with Crippen LogP contribution in [0.15, 0.2) is 102 Å². The Morgan fingerprint density at radius 3 is 2.29 bits per heavy atom. The lowest BCUT2D eigenvalue weighted by atomic mass is 10.00. The first-order valence-corrected chi connectivity index (χ1v) is 17.1. The van der Waals surface area contributed by atoms with E-state index >= 15 is 0 Å². The first-order chi connectivity index (χ1) is 22.9. The highest BCUT2D eigenvalue weighted by Gasteiger charge is 2.61. The monoisotopic (exact) mass is 688 g/mol. The predicted octanol–water partition coefficient (Wildman–Crippen LogP) is 4.81. The molecule has 3 atom stereocenters. The van der Waals surface area contributed by atoms with Crippen LogP contribution in [0, 0.1) is 0 Å². The van der Waals surface area contributed by atoms with Gasteiger partial charge in [0.1, 0.15) is 17.1 Å². The molecule has 3 aliphatic heterocycles. The summed E-state index contributed by atoms with van der Waals surface area (Å²) < 4.78 is 25.2. The molecular formula is C35H33ClN4O7S. The first kappa shape index (κ1) is 33.3. The highest BCUT2D eigenvalue weighted by molar-refractivity contribution is 7.92. The van der Waals surface area contributed by atoms with Crippen molar-refractivity contribution in [2.24, 2.45) is 0 Å². The van der Waals surface area contributed by atoms with Gasteiger partial charge in [-0.15, -0.1) is 0 Å². The average Bonchev–Trinajstić information content (AvgIpc) is 3.41. The molecule has 11 nitrogen and oxygen atoms in total. The number of aromatic nitrogens is 1. The van der Waals surface area contributed by atoms with Crippen molar-refractivity contribution >= 4 is 52.3 Å². The Bertz CT molecular complexity index is 1770. The molecule has 6 rings (SSSR count). The predicted molar refractivity (Wildman–Crippen MR) is 179 cm³/mol. The third-order valence-electron chi connectivity index (χ3n) is 7.95. The highest BCUT2D eigenvalue weighted by atomic mass is 35.5. The third-order valence-corrected chi connectivity index (χ3v) is 9.86. The second kappa shape index (κ2) is 13.5. The van der Waals surface area contributed by atoms with Crippen molar-refractivity contribution in [1.29, 1.82) is 0 Å².